The Balaban J connectivity index is 0.00000136. The number of halogens is 3. The van der Waals surface area contributed by atoms with Crippen molar-refractivity contribution in [2.75, 3.05) is 7.11 Å². The molecule has 0 aromatic heterocycles. The van der Waals surface area contributed by atoms with Gasteiger partial charge in [-0.3, -0.25) is 0 Å². The maximum absolute atomic E-state index is 12.6. The number of hydrogen-bond acceptors (Lipinski definition) is 6. The van der Waals surface area contributed by atoms with Gasteiger partial charge < -0.3 is 13.7 Å². The summed E-state index contributed by atoms with van der Waals surface area (Å²) in [5.74, 6) is -1.79. The van der Waals surface area contributed by atoms with Crippen molar-refractivity contribution in [3.63, 3.8) is 0 Å². The number of esters is 1. The summed E-state index contributed by atoms with van der Waals surface area (Å²) >= 11 is 0. The normalized spacial score (nSPS) is 12.5. The van der Waals surface area contributed by atoms with E-state index < -0.39 is 32.9 Å². The summed E-state index contributed by atoms with van der Waals surface area (Å²) < 4.78 is 74.6. The number of benzene rings is 2. The van der Waals surface area contributed by atoms with Gasteiger partial charge in [0.25, 0.3) is 0 Å². The largest absolute Gasteiger partial charge is 0.534 e. The minimum Gasteiger partial charge on any atom is -0.488 e. The van der Waals surface area contributed by atoms with Crippen LogP contribution in [0, 0.1) is 0 Å². The quantitative estimate of drug-likeness (QED) is 0.420. The van der Waals surface area contributed by atoms with Gasteiger partial charge in [0.15, 0.2) is 5.75 Å². The van der Waals surface area contributed by atoms with Crippen molar-refractivity contribution in [1.29, 1.82) is 0 Å². The van der Waals surface area contributed by atoms with E-state index >= 15 is 0 Å². The molecule has 0 spiro atoms. The van der Waals surface area contributed by atoms with E-state index in [2.05, 4.69) is 8.92 Å². The summed E-state index contributed by atoms with van der Waals surface area (Å²) in [6.45, 7) is 4.13. The Morgan fingerprint density at radius 1 is 1.11 bits per heavy atom. The van der Waals surface area contributed by atoms with Gasteiger partial charge in [-0.05, 0) is 17.2 Å². The Hall–Kier alpha value is -2.75. The fourth-order valence-corrected chi connectivity index (χ4v) is 2.93. The average molecular weight is 418 g/mol. The molecule has 0 unspecified atom stereocenters. The van der Waals surface area contributed by atoms with Gasteiger partial charge in [-0.25, -0.2) is 4.79 Å². The van der Waals surface area contributed by atoms with E-state index in [4.69, 9.17) is 4.74 Å². The van der Waals surface area contributed by atoms with Gasteiger partial charge in [-0.1, -0.05) is 38.1 Å². The molecule has 10 heteroatoms. The van der Waals surface area contributed by atoms with Crippen LogP contribution >= 0.6 is 0 Å². The van der Waals surface area contributed by atoms with Gasteiger partial charge in [0.05, 0.1) is 7.11 Å². The van der Waals surface area contributed by atoms with E-state index in [0.29, 0.717) is 11.1 Å². The molecule has 0 aliphatic carbocycles. The molecule has 0 amide bonds. The molecule has 0 fully saturated rings. The first kappa shape index (κ1) is 21.5. The molecule has 1 heterocycles. The van der Waals surface area contributed by atoms with E-state index in [9.17, 15) is 26.4 Å². The molecule has 2 aromatic carbocycles. The van der Waals surface area contributed by atoms with Gasteiger partial charge in [-0.2, -0.15) is 21.6 Å². The lowest BCUT2D eigenvalue weighted by molar-refractivity contribution is -0.0500. The van der Waals surface area contributed by atoms with Crippen LogP contribution in [0.15, 0.2) is 36.4 Å². The third-order valence-electron chi connectivity index (χ3n) is 3.66. The predicted octanol–water partition coefficient (Wildman–Crippen LogP) is 4.29. The second kappa shape index (κ2) is 8.09. The monoisotopic (exact) mass is 418 g/mol. The molecule has 152 valence electrons. The summed E-state index contributed by atoms with van der Waals surface area (Å²) in [7, 11) is -4.96. The molecule has 0 saturated carbocycles. The first-order valence-corrected chi connectivity index (χ1v) is 9.53. The van der Waals surface area contributed by atoms with Crippen molar-refractivity contribution in [3.8, 4) is 22.6 Å². The van der Waals surface area contributed by atoms with Gasteiger partial charge in [0, 0.05) is 11.6 Å². The highest BCUT2D eigenvalue weighted by atomic mass is 32.2. The van der Waals surface area contributed by atoms with Crippen molar-refractivity contribution >= 4 is 16.1 Å². The molecule has 0 atom stereocenters. The van der Waals surface area contributed by atoms with Crippen LogP contribution in [-0.4, -0.2) is 27.0 Å². The highest BCUT2D eigenvalue weighted by Gasteiger charge is 2.49. The van der Waals surface area contributed by atoms with Crippen LogP contribution in [0.4, 0.5) is 13.2 Å². The van der Waals surface area contributed by atoms with Crippen LogP contribution in [0.2, 0.25) is 0 Å². The third-order valence-corrected chi connectivity index (χ3v) is 4.63. The zero-order valence-electron chi connectivity index (χ0n) is 15.2. The highest BCUT2D eigenvalue weighted by molar-refractivity contribution is 7.88. The van der Waals surface area contributed by atoms with Gasteiger partial charge >= 0.3 is 21.6 Å². The van der Waals surface area contributed by atoms with Gasteiger partial charge in [0.2, 0.25) is 0 Å². The highest BCUT2D eigenvalue weighted by Crippen LogP contribution is 2.42. The number of alkyl halides is 3. The molecule has 28 heavy (non-hydrogen) atoms. The molecule has 0 bridgehead atoms. The van der Waals surface area contributed by atoms with Gasteiger partial charge in [0.1, 0.15) is 17.9 Å². The van der Waals surface area contributed by atoms with Crippen LogP contribution in [-0.2, 0) is 21.5 Å². The number of carbonyl (C=O) groups excluding carboxylic acids is 1. The minimum absolute atomic E-state index is 0.0868. The Bertz CT molecular complexity index is 983. The molecule has 1 aliphatic heterocycles. The number of methoxy groups -OCH3 is 1. The van der Waals surface area contributed by atoms with Gasteiger partial charge in [-0.15, -0.1) is 0 Å². The predicted molar refractivity (Wildman–Crippen MR) is 94.5 cm³/mol. The summed E-state index contributed by atoms with van der Waals surface area (Å²) in [6.07, 6.45) is 0. The second-order valence-corrected chi connectivity index (χ2v) is 6.80. The molecule has 6 nitrogen and oxygen atoms in total. The second-order valence-electron chi connectivity index (χ2n) is 5.27. The average Bonchev–Trinajstić information content (AvgIpc) is 2.67. The maximum Gasteiger partial charge on any atom is 0.534 e. The Kier molecular flexibility index (Phi) is 6.23. The number of carbonyl (C=O) groups is 1. The van der Waals surface area contributed by atoms with Crippen molar-refractivity contribution < 1.29 is 40.0 Å². The molecular formula is C18H17F3O6S. The summed E-state index contributed by atoms with van der Waals surface area (Å²) in [5.41, 5.74) is -4.22. The zero-order chi connectivity index (χ0) is 21.1. The fourth-order valence-electron chi connectivity index (χ4n) is 2.46. The molecule has 1 aliphatic rings. The maximum atomic E-state index is 12.6. The fraction of sp³-hybridized carbons (Fsp3) is 0.278. The lowest BCUT2D eigenvalue weighted by Gasteiger charge is -2.22. The van der Waals surface area contributed by atoms with Crippen LogP contribution in [0.25, 0.3) is 11.1 Å². The van der Waals surface area contributed by atoms with Crippen LogP contribution in [0.1, 0.15) is 29.8 Å². The lowest BCUT2D eigenvalue weighted by Crippen LogP contribution is -2.28. The first-order valence-electron chi connectivity index (χ1n) is 8.12. The summed E-state index contributed by atoms with van der Waals surface area (Å²) in [5, 5.41) is 0. The van der Waals surface area contributed by atoms with Crippen LogP contribution in [0.3, 0.4) is 0 Å². The zero-order valence-corrected chi connectivity index (χ0v) is 16.0. The molecule has 3 rings (SSSR count). The molecular weight excluding hydrogens is 401 g/mol. The summed E-state index contributed by atoms with van der Waals surface area (Å²) in [6, 6.07) is 9.16. The topological polar surface area (TPSA) is 78.9 Å². The number of hydrogen-bond donors (Lipinski definition) is 0. The molecule has 0 radical (unpaired) electrons. The molecule has 0 saturated heterocycles. The standard InChI is InChI=1S/C16H11F3O6S.C2H6/c1-23-15(20)12-6-11-10-5-3-2-4-9(10)8-24-13(11)7-14(12)25-26(21,22)16(17,18)19;1-2/h2-7H,8H2,1H3;1-2H3. The van der Waals surface area contributed by atoms with Crippen molar-refractivity contribution in [3.05, 3.63) is 47.5 Å². The van der Waals surface area contributed by atoms with E-state index in [1.807, 2.05) is 13.8 Å². The smallest absolute Gasteiger partial charge is 0.488 e. The number of rotatable bonds is 3. The SMILES string of the molecule is CC.COC(=O)c1cc2c(cc1OS(=O)(=O)C(F)(F)F)OCc1ccccc1-2. The number of fused-ring (bicyclic) bond motifs is 3. The number of ether oxygens (including phenoxy) is 2. The van der Waals surface area contributed by atoms with Crippen molar-refractivity contribution in [1.82, 2.24) is 0 Å². The first-order chi connectivity index (χ1) is 13.1. The third kappa shape index (κ3) is 4.06. The van der Waals surface area contributed by atoms with Crippen molar-refractivity contribution in [2.24, 2.45) is 0 Å². The van der Waals surface area contributed by atoms with Crippen LogP contribution in [0.5, 0.6) is 11.5 Å². The minimum atomic E-state index is -5.97. The Morgan fingerprint density at radius 2 is 1.75 bits per heavy atom. The van der Waals surface area contributed by atoms with Crippen LogP contribution < -0.4 is 8.92 Å². The Labute approximate surface area is 160 Å². The molecule has 0 N–H and O–H groups in total. The van der Waals surface area contributed by atoms with E-state index in [1.165, 1.54) is 6.07 Å². The van der Waals surface area contributed by atoms with Crippen molar-refractivity contribution in [2.45, 2.75) is 26.0 Å². The lowest BCUT2D eigenvalue weighted by atomic mass is 9.95. The Morgan fingerprint density at radius 3 is 2.36 bits per heavy atom. The summed E-state index contributed by atoms with van der Waals surface area (Å²) in [4.78, 5) is 11.9. The molecule has 2 aromatic rings. The van der Waals surface area contributed by atoms with E-state index in [1.54, 1.807) is 24.3 Å². The van der Waals surface area contributed by atoms with E-state index in [-0.39, 0.29) is 12.4 Å². The van der Waals surface area contributed by atoms with E-state index in [0.717, 1.165) is 18.7 Å².